The van der Waals surface area contributed by atoms with Crippen molar-refractivity contribution in [3.8, 4) is 22.5 Å². The van der Waals surface area contributed by atoms with Crippen molar-refractivity contribution in [1.29, 1.82) is 0 Å². The van der Waals surface area contributed by atoms with Crippen molar-refractivity contribution in [2.45, 2.75) is 19.8 Å². The third kappa shape index (κ3) is 3.90. The lowest BCUT2D eigenvalue weighted by Crippen LogP contribution is -2.00. The van der Waals surface area contributed by atoms with Gasteiger partial charge in [0.05, 0.1) is 22.9 Å². The van der Waals surface area contributed by atoms with Gasteiger partial charge in [0.2, 0.25) is 0 Å². The van der Waals surface area contributed by atoms with Crippen LogP contribution in [0.2, 0.25) is 0 Å². The zero-order chi connectivity index (χ0) is 22.1. The molecule has 0 bridgehead atoms. The van der Waals surface area contributed by atoms with Crippen LogP contribution in [0.3, 0.4) is 0 Å². The number of aromatic nitrogens is 7. The quantitative estimate of drug-likeness (QED) is 0.437. The summed E-state index contributed by atoms with van der Waals surface area (Å²) in [7, 11) is 1.90. The van der Waals surface area contributed by atoms with Gasteiger partial charge in [-0.05, 0) is 47.9 Å². The van der Waals surface area contributed by atoms with Crippen LogP contribution in [0, 0.1) is 0 Å². The van der Waals surface area contributed by atoms with Crippen molar-refractivity contribution < 1.29 is 0 Å². The molecule has 5 aromatic rings. The first kappa shape index (κ1) is 19.7. The maximum atomic E-state index is 4.76. The highest BCUT2D eigenvalue weighted by atomic mass is 15.3. The molecule has 0 amide bonds. The van der Waals surface area contributed by atoms with E-state index >= 15 is 0 Å². The standard InChI is InChI=1S/C24H22N8/c1-15(2)16-11-23(30-27-13-16)29-22-8-7-19-21(28-22)10-17(12-26-19)18-14-32(3)31-24(18)20-6-4-5-9-25-20/h4-15H,1-3H3,(H,28,29,30). The number of pyridine rings is 3. The van der Waals surface area contributed by atoms with Gasteiger partial charge in [0, 0.05) is 36.8 Å². The predicted octanol–water partition coefficient (Wildman–Crippen LogP) is 4.75. The van der Waals surface area contributed by atoms with E-state index in [0.29, 0.717) is 17.6 Å². The van der Waals surface area contributed by atoms with Gasteiger partial charge in [-0.25, -0.2) is 4.98 Å². The van der Waals surface area contributed by atoms with E-state index in [2.05, 4.69) is 44.4 Å². The molecule has 0 aliphatic carbocycles. The summed E-state index contributed by atoms with van der Waals surface area (Å²) in [6.07, 6.45) is 7.37. The largest absolute Gasteiger partial charge is 0.323 e. The second kappa shape index (κ2) is 8.14. The molecule has 0 unspecified atom stereocenters. The van der Waals surface area contributed by atoms with Gasteiger partial charge < -0.3 is 5.32 Å². The number of anilines is 2. The van der Waals surface area contributed by atoms with Crippen LogP contribution in [0.5, 0.6) is 0 Å². The van der Waals surface area contributed by atoms with Gasteiger partial charge in [-0.15, -0.1) is 5.10 Å². The Kier molecular flexibility index (Phi) is 5.03. The molecule has 8 heteroatoms. The molecule has 0 spiro atoms. The van der Waals surface area contributed by atoms with Crippen molar-refractivity contribution in [2.75, 3.05) is 5.32 Å². The first-order chi connectivity index (χ1) is 15.6. The molecule has 5 heterocycles. The van der Waals surface area contributed by atoms with Crippen LogP contribution in [0.25, 0.3) is 33.5 Å². The Morgan fingerprint density at radius 1 is 0.938 bits per heavy atom. The van der Waals surface area contributed by atoms with Gasteiger partial charge in [0.25, 0.3) is 0 Å². The van der Waals surface area contributed by atoms with Crippen LogP contribution in [0.1, 0.15) is 25.3 Å². The third-order valence-electron chi connectivity index (χ3n) is 5.18. The summed E-state index contributed by atoms with van der Waals surface area (Å²) in [5.74, 6) is 1.72. The predicted molar refractivity (Wildman–Crippen MR) is 124 cm³/mol. The Morgan fingerprint density at radius 3 is 2.66 bits per heavy atom. The Balaban J connectivity index is 1.52. The summed E-state index contributed by atoms with van der Waals surface area (Å²) in [6.45, 7) is 4.25. The lowest BCUT2D eigenvalue weighted by atomic mass is 10.1. The third-order valence-corrected chi connectivity index (χ3v) is 5.18. The maximum absolute atomic E-state index is 4.76. The monoisotopic (exact) mass is 422 g/mol. The fraction of sp³-hybridized carbons (Fsp3) is 0.167. The number of hydrogen-bond acceptors (Lipinski definition) is 7. The number of fused-ring (bicyclic) bond motifs is 1. The van der Waals surface area contributed by atoms with E-state index in [0.717, 1.165) is 39.1 Å². The fourth-order valence-corrected chi connectivity index (χ4v) is 3.51. The van der Waals surface area contributed by atoms with Crippen molar-refractivity contribution in [2.24, 2.45) is 7.05 Å². The first-order valence-electron chi connectivity index (χ1n) is 10.4. The summed E-state index contributed by atoms with van der Waals surface area (Å²) in [5.41, 5.74) is 6.21. The van der Waals surface area contributed by atoms with Gasteiger partial charge in [-0.3, -0.25) is 14.6 Å². The molecule has 0 aliphatic rings. The Hall–Kier alpha value is -4.20. The first-order valence-corrected chi connectivity index (χ1v) is 10.4. The molecule has 8 nitrogen and oxygen atoms in total. The number of nitrogens with zero attached hydrogens (tertiary/aromatic N) is 7. The molecule has 0 aromatic carbocycles. The molecule has 158 valence electrons. The minimum Gasteiger partial charge on any atom is -0.323 e. The number of aryl methyl sites for hydroxylation is 1. The topological polar surface area (TPSA) is 94.3 Å². The summed E-state index contributed by atoms with van der Waals surface area (Å²) >= 11 is 0. The second-order valence-corrected chi connectivity index (χ2v) is 7.89. The van der Waals surface area contributed by atoms with Crippen LogP contribution >= 0.6 is 0 Å². The van der Waals surface area contributed by atoms with Crippen LogP contribution in [0.4, 0.5) is 11.6 Å². The Bertz CT molecular complexity index is 1390. The number of nitrogens with one attached hydrogen (secondary N) is 1. The molecular weight excluding hydrogens is 400 g/mol. The minimum absolute atomic E-state index is 0.371. The number of hydrogen-bond donors (Lipinski definition) is 1. The van der Waals surface area contributed by atoms with Crippen LogP contribution in [-0.2, 0) is 7.05 Å². The van der Waals surface area contributed by atoms with Gasteiger partial charge >= 0.3 is 0 Å². The summed E-state index contributed by atoms with van der Waals surface area (Å²) in [5, 5.41) is 16.1. The molecule has 0 fully saturated rings. The van der Waals surface area contributed by atoms with Gasteiger partial charge in [0.1, 0.15) is 11.5 Å². The molecule has 0 radical (unpaired) electrons. The molecule has 0 saturated heterocycles. The summed E-state index contributed by atoms with van der Waals surface area (Å²) < 4.78 is 1.79. The van der Waals surface area contributed by atoms with Gasteiger partial charge in [-0.2, -0.15) is 10.2 Å². The molecule has 0 saturated carbocycles. The van der Waals surface area contributed by atoms with E-state index in [-0.39, 0.29) is 0 Å². The van der Waals surface area contributed by atoms with Crippen molar-refractivity contribution in [3.63, 3.8) is 0 Å². The van der Waals surface area contributed by atoms with Crippen molar-refractivity contribution >= 4 is 22.7 Å². The molecule has 5 rings (SSSR count). The molecular formula is C24H22N8. The summed E-state index contributed by atoms with van der Waals surface area (Å²) in [4.78, 5) is 13.8. The SMILES string of the molecule is CC(C)c1cnnc(Nc2ccc3ncc(-c4cn(C)nc4-c4ccccn4)cc3n2)c1. The highest BCUT2D eigenvalue weighted by Gasteiger charge is 2.14. The van der Waals surface area contributed by atoms with Gasteiger partial charge in [-0.1, -0.05) is 19.9 Å². The normalized spacial score (nSPS) is 11.2. The smallest absolute Gasteiger partial charge is 0.154 e. The van der Waals surface area contributed by atoms with E-state index in [1.807, 2.05) is 61.9 Å². The second-order valence-electron chi connectivity index (χ2n) is 7.89. The average molecular weight is 422 g/mol. The Labute approximate surface area is 185 Å². The molecule has 5 aromatic heterocycles. The lowest BCUT2D eigenvalue weighted by Gasteiger charge is -2.09. The summed E-state index contributed by atoms with van der Waals surface area (Å²) in [6, 6.07) is 13.6. The zero-order valence-electron chi connectivity index (χ0n) is 18.1. The van der Waals surface area contributed by atoms with Crippen LogP contribution in [0.15, 0.2) is 67.3 Å². The average Bonchev–Trinajstić information content (AvgIpc) is 3.21. The lowest BCUT2D eigenvalue weighted by molar-refractivity contribution is 0.770. The molecule has 1 N–H and O–H groups in total. The van der Waals surface area contributed by atoms with Gasteiger partial charge in [0.15, 0.2) is 5.82 Å². The van der Waals surface area contributed by atoms with Crippen LogP contribution < -0.4 is 5.32 Å². The van der Waals surface area contributed by atoms with E-state index in [1.54, 1.807) is 17.1 Å². The van der Waals surface area contributed by atoms with Crippen molar-refractivity contribution in [3.05, 3.63) is 72.8 Å². The molecule has 32 heavy (non-hydrogen) atoms. The maximum Gasteiger partial charge on any atom is 0.154 e. The minimum atomic E-state index is 0.371. The van der Waals surface area contributed by atoms with Crippen molar-refractivity contribution in [1.82, 2.24) is 34.9 Å². The molecule has 0 atom stereocenters. The Morgan fingerprint density at radius 2 is 1.84 bits per heavy atom. The van der Waals surface area contributed by atoms with E-state index in [4.69, 9.17) is 4.98 Å². The van der Waals surface area contributed by atoms with E-state index in [1.165, 1.54) is 0 Å². The van der Waals surface area contributed by atoms with E-state index < -0.39 is 0 Å². The van der Waals surface area contributed by atoms with Crippen LogP contribution in [-0.4, -0.2) is 34.9 Å². The fourth-order valence-electron chi connectivity index (χ4n) is 3.51. The highest BCUT2D eigenvalue weighted by Crippen LogP contribution is 2.31. The zero-order valence-corrected chi connectivity index (χ0v) is 18.1. The molecule has 0 aliphatic heterocycles. The van der Waals surface area contributed by atoms with E-state index in [9.17, 15) is 0 Å². The highest BCUT2D eigenvalue weighted by molar-refractivity contribution is 5.85. The number of rotatable bonds is 5.